The standard InChI is InChI=1S/C17H34N2O3/c1-15(2,3)19(14(21)22-16(4,5)6)12-11-18-10-8-9-17(18,7)13-20/h20H,8-13H2,1-7H3/t17-/m1/s1. The number of carbonyl (C=O) groups excluding carboxylic acids is 1. The zero-order chi connectivity index (χ0) is 17.2. The topological polar surface area (TPSA) is 53.0 Å². The Morgan fingerprint density at radius 3 is 2.32 bits per heavy atom. The first-order valence-electron chi connectivity index (χ1n) is 8.26. The molecular formula is C17H34N2O3. The third kappa shape index (κ3) is 5.13. The van der Waals surface area contributed by atoms with Gasteiger partial charge in [0, 0.05) is 24.2 Å². The average molecular weight is 314 g/mol. The van der Waals surface area contributed by atoms with Crippen molar-refractivity contribution in [2.75, 3.05) is 26.2 Å². The zero-order valence-electron chi connectivity index (χ0n) is 15.4. The Hall–Kier alpha value is -0.810. The van der Waals surface area contributed by atoms with Gasteiger partial charge in [-0.15, -0.1) is 0 Å². The Labute approximate surface area is 135 Å². The maximum absolute atomic E-state index is 12.5. The van der Waals surface area contributed by atoms with E-state index in [2.05, 4.69) is 11.8 Å². The Morgan fingerprint density at radius 2 is 1.86 bits per heavy atom. The first-order chi connectivity index (χ1) is 9.89. The lowest BCUT2D eigenvalue weighted by atomic mass is 10.0. The van der Waals surface area contributed by atoms with Crippen molar-refractivity contribution in [1.29, 1.82) is 0 Å². The van der Waals surface area contributed by atoms with E-state index < -0.39 is 5.60 Å². The summed E-state index contributed by atoms with van der Waals surface area (Å²) in [5, 5.41) is 9.64. The van der Waals surface area contributed by atoms with Crippen molar-refractivity contribution in [3.05, 3.63) is 0 Å². The first kappa shape index (κ1) is 19.2. The molecule has 0 aromatic heterocycles. The summed E-state index contributed by atoms with van der Waals surface area (Å²) in [5.41, 5.74) is -0.941. The van der Waals surface area contributed by atoms with Crippen LogP contribution in [0.5, 0.6) is 0 Å². The molecular weight excluding hydrogens is 280 g/mol. The number of hydrogen-bond donors (Lipinski definition) is 1. The SMILES string of the molecule is CC(C)(C)OC(=O)N(CCN1CCC[C@]1(C)CO)C(C)(C)C. The van der Waals surface area contributed by atoms with E-state index in [1.807, 2.05) is 41.5 Å². The lowest BCUT2D eigenvalue weighted by Gasteiger charge is -2.40. The monoisotopic (exact) mass is 314 g/mol. The van der Waals surface area contributed by atoms with E-state index in [-0.39, 0.29) is 23.8 Å². The summed E-state index contributed by atoms with van der Waals surface area (Å²) in [5.74, 6) is 0. The van der Waals surface area contributed by atoms with Gasteiger partial charge in [-0.1, -0.05) is 0 Å². The Kier molecular flexibility index (Phi) is 5.90. The molecule has 1 fully saturated rings. The number of hydrogen-bond acceptors (Lipinski definition) is 4. The number of ether oxygens (including phenoxy) is 1. The number of aliphatic hydroxyl groups excluding tert-OH is 1. The predicted octanol–water partition coefficient (Wildman–Crippen LogP) is 2.87. The molecule has 0 saturated carbocycles. The van der Waals surface area contributed by atoms with Gasteiger partial charge in [-0.2, -0.15) is 0 Å². The Bertz CT molecular complexity index is 384. The van der Waals surface area contributed by atoms with Gasteiger partial charge in [-0.3, -0.25) is 4.90 Å². The fourth-order valence-corrected chi connectivity index (χ4v) is 2.88. The maximum Gasteiger partial charge on any atom is 0.410 e. The summed E-state index contributed by atoms with van der Waals surface area (Å²) in [6.07, 6.45) is 1.83. The van der Waals surface area contributed by atoms with Gasteiger partial charge in [-0.25, -0.2) is 4.79 Å². The van der Waals surface area contributed by atoms with Crippen LogP contribution in [0.25, 0.3) is 0 Å². The molecule has 0 unspecified atom stereocenters. The van der Waals surface area contributed by atoms with Crippen LogP contribution in [0.4, 0.5) is 4.79 Å². The fraction of sp³-hybridized carbons (Fsp3) is 0.941. The quantitative estimate of drug-likeness (QED) is 0.867. The van der Waals surface area contributed by atoms with Gasteiger partial charge in [-0.05, 0) is 67.9 Å². The number of nitrogens with zero attached hydrogens (tertiary/aromatic N) is 2. The van der Waals surface area contributed by atoms with Gasteiger partial charge in [0.15, 0.2) is 0 Å². The molecule has 1 amide bonds. The average Bonchev–Trinajstić information content (AvgIpc) is 2.68. The van der Waals surface area contributed by atoms with Crippen LogP contribution in [0.2, 0.25) is 0 Å². The van der Waals surface area contributed by atoms with Crippen molar-refractivity contribution < 1.29 is 14.6 Å². The van der Waals surface area contributed by atoms with E-state index in [1.165, 1.54) is 0 Å². The normalized spacial score (nSPS) is 23.6. The molecule has 1 N–H and O–H groups in total. The van der Waals surface area contributed by atoms with Crippen LogP contribution in [0.15, 0.2) is 0 Å². The number of aliphatic hydroxyl groups is 1. The summed E-state index contributed by atoms with van der Waals surface area (Å²) in [4.78, 5) is 16.6. The van der Waals surface area contributed by atoms with Crippen LogP contribution in [0, 0.1) is 0 Å². The second kappa shape index (κ2) is 6.75. The molecule has 1 heterocycles. The molecule has 0 spiro atoms. The maximum atomic E-state index is 12.5. The minimum absolute atomic E-state index is 0.155. The molecule has 0 bridgehead atoms. The van der Waals surface area contributed by atoms with Crippen LogP contribution < -0.4 is 0 Å². The molecule has 5 nitrogen and oxygen atoms in total. The van der Waals surface area contributed by atoms with E-state index in [0.29, 0.717) is 6.54 Å². The van der Waals surface area contributed by atoms with Crippen molar-refractivity contribution in [3.63, 3.8) is 0 Å². The molecule has 0 aliphatic carbocycles. The molecule has 22 heavy (non-hydrogen) atoms. The molecule has 130 valence electrons. The third-order valence-electron chi connectivity index (χ3n) is 4.26. The minimum Gasteiger partial charge on any atom is -0.444 e. The van der Waals surface area contributed by atoms with Crippen LogP contribution in [-0.2, 0) is 4.74 Å². The van der Waals surface area contributed by atoms with E-state index in [0.717, 1.165) is 25.9 Å². The molecule has 0 aromatic rings. The fourth-order valence-electron chi connectivity index (χ4n) is 2.88. The first-order valence-corrected chi connectivity index (χ1v) is 8.26. The third-order valence-corrected chi connectivity index (χ3v) is 4.26. The van der Waals surface area contributed by atoms with E-state index in [9.17, 15) is 9.90 Å². The second-order valence-corrected chi connectivity index (χ2v) is 8.55. The van der Waals surface area contributed by atoms with Crippen LogP contribution in [0.3, 0.4) is 0 Å². The molecule has 1 rings (SSSR count). The summed E-state index contributed by atoms with van der Waals surface area (Å²) in [6, 6.07) is 0. The predicted molar refractivity (Wildman–Crippen MR) is 89.0 cm³/mol. The Morgan fingerprint density at radius 1 is 1.27 bits per heavy atom. The summed E-state index contributed by atoms with van der Waals surface area (Å²) in [6.45, 7) is 16.3. The van der Waals surface area contributed by atoms with Crippen molar-refractivity contribution in [2.45, 2.75) is 78.0 Å². The highest BCUT2D eigenvalue weighted by Gasteiger charge is 2.37. The van der Waals surface area contributed by atoms with Crippen molar-refractivity contribution in [2.24, 2.45) is 0 Å². The lowest BCUT2D eigenvalue weighted by Crippen LogP contribution is -2.53. The minimum atomic E-state index is -0.492. The number of amides is 1. The van der Waals surface area contributed by atoms with Crippen molar-refractivity contribution >= 4 is 6.09 Å². The summed E-state index contributed by atoms with van der Waals surface area (Å²) < 4.78 is 5.54. The van der Waals surface area contributed by atoms with Crippen LogP contribution in [0.1, 0.15) is 61.3 Å². The highest BCUT2D eigenvalue weighted by molar-refractivity contribution is 5.69. The zero-order valence-corrected chi connectivity index (χ0v) is 15.4. The van der Waals surface area contributed by atoms with Gasteiger partial charge >= 0.3 is 6.09 Å². The van der Waals surface area contributed by atoms with E-state index in [1.54, 1.807) is 4.90 Å². The van der Waals surface area contributed by atoms with E-state index in [4.69, 9.17) is 4.74 Å². The molecule has 1 saturated heterocycles. The highest BCUT2D eigenvalue weighted by atomic mass is 16.6. The van der Waals surface area contributed by atoms with Gasteiger partial charge < -0.3 is 14.7 Å². The van der Waals surface area contributed by atoms with Gasteiger partial charge in [0.1, 0.15) is 5.60 Å². The van der Waals surface area contributed by atoms with Crippen LogP contribution >= 0.6 is 0 Å². The molecule has 1 atom stereocenters. The van der Waals surface area contributed by atoms with Gasteiger partial charge in [0.2, 0.25) is 0 Å². The Balaban J connectivity index is 2.73. The van der Waals surface area contributed by atoms with Crippen molar-refractivity contribution in [1.82, 2.24) is 9.80 Å². The second-order valence-electron chi connectivity index (χ2n) is 8.55. The number of likely N-dealkylation sites (tertiary alicyclic amines) is 1. The summed E-state index contributed by atoms with van der Waals surface area (Å²) >= 11 is 0. The van der Waals surface area contributed by atoms with Crippen molar-refractivity contribution in [3.8, 4) is 0 Å². The molecule has 1 aliphatic rings. The molecule has 0 aromatic carbocycles. The van der Waals surface area contributed by atoms with Gasteiger partial charge in [0.05, 0.1) is 6.61 Å². The van der Waals surface area contributed by atoms with E-state index >= 15 is 0 Å². The number of carbonyl (C=O) groups is 1. The highest BCUT2D eigenvalue weighted by Crippen LogP contribution is 2.28. The lowest BCUT2D eigenvalue weighted by molar-refractivity contribution is -0.000818. The smallest absolute Gasteiger partial charge is 0.410 e. The molecule has 1 aliphatic heterocycles. The molecule has 0 radical (unpaired) electrons. The van der Waals surface area contributed by atoms with Crippen LogP contribution in [-0.4, -0.2) is 63.9 Å². The summed E-state index contributed by atoms with van der Waals surface area (Å²) in [7, 11) is 0. The molecule has 5 heteroatoms. The van der Waals surface area contributed by atoms with Gasteiger partial charge in [0.25, 0.3) is 0 Å². The number of rotatable bonds is 4. The largest absolute Gasteiger partial charge is 0.444 e.